The molecular formula is C72H98F3N11O6. The lowest BCUT2D eigenvalue weighted by molar-refractivity contribution is -0.141. The van der Waals surface area contributed by atoms with Crippen molar-refractivity contribution in [3.05, 3.63) is 127 Å². The summed E-state index contributed by atoms with van der Waals surface area (Å²) in [5.41, 5.74) is 12.8. The Labute approximate surface area is 541 Å². The number of aromatic nitrogens is 6. The van der Waals surface area contributed by atoms with Crippen LogP contribution in [0.5, 0.6) is 0 Å². The van der Waals surface area contributed by atoms with Crippen molar-refractivity contribution in [2.45, 2.75) is 199 Å². The summed E-state index contributed by atoms with van der Waals surface area (Å²) >= 11 is 0. The summed E-state index contributed by atoms with van der Waals surface area (Å²) in [6.45, 7) is 22.2. The number of piperidine rings is 3. The normalized spacial score (nSPS) is 20.5. The minimum Gasteiger partial charge on any atom is -0.480 e. The van der Waals surface area contributed by atoms with Gasteiger partial charge in [-0.2, -0.15) is 0 Å². The Hall–Kier alpha value is -7.32. The summed E-state index contributed by atoms with van der Waals surface area (Å²) < 4.78 is 57.4. The molecule has 0 radical (unpaired) electrons. The lowest BCUT2D eigenvalue weighted by Crippen LogP contribution is -2.51. The number of benzene rings is 3. The molecule has 20 heteroatoms. The lowest BCUT2D eigenvalue weighted by Gasteiger charge is -2.38. The predicted octanol–water partition coefficient (Wildman–Crippen LogP) is 13.3. The molecular weight excluding hydrogens is 1170 g/mol. The minimum atomic E-state index is -1.23. The average Bonchev–Trinajstić information content (AvgIpc) is 1.62. The number of ether oxygens (including phenoxy) is 1. The van der Waals surface area contributed by atoms with E-state index in [1.54, 1.807) is 39.5 Å². The summed E-state index contributed by atoms with van der Waals surface area (Å²) in [6, 6.07) is 24.2. The highest BCUT2D eigenvalue weighted by Crippen LogP contribution is 2.47. The van der Waals surface area contributed by atoms with E-state index in [1.807, 2.05) is 81.4 Å². The maximum absolute atomic E-state index is 15.5. The number of alkyl halides is 3. The van der Waals surface area contributed by atoms with Crippen LogP contribution in [-0.2, 0) is 19.1 Å². The largest absolute Gasteiger partial charge is 0.480 e. The Morgan fingerprint density at radius 1 is 0.576 bits per heavy atom. The number of carbonyl (C=O) groups excluding carboxylic acids is 3. The standard InChI is InChI=1S/C23H30FN3O.C22H29FN4O.C17H20FN3.C10H19NO4/c1-16(2)17(3)22(28)26-12-10-23(24,11-13-26)9-8-20-18-6-4-5-7-19(18)21-14-25-15-27(20)21;1-15(2)20(24)21(28)26-11-9-22(23,10-12-26)8-7-18-16-5-3-4-6-17(16)19-13-25-14-27(18)19;18-17(7-9-19-10-8-17)6-5-15-13-3-1-2-4-14(13)16-11-20-12-21(15)16;1-6(2)7(8(12)13)11-9(14)15-10(3,4)5/h4-7,14-17,20H,8-13H2,1-3H3;3-6,13-15,18,20H,7-12,24H2,1-2H3;1-4,11-12,15,19H,5-10H2;6-7H,1-5H3,(H,11,14)(H,12,13)/t17-,20?;18?,20-;;7-/m00.0/s1. The molecule has 0 spiro atoms. The number of hydrogen-bond acceptors (Lipinski definition) is 10. The van der Waals surface area contributed by atoms with Gasteiger partial charge in [0.1, 0.15) is 28.6 Å². The van der Waals surface area contributed by atoms with Crippen LogP contribution in [0.15, 0.2) is 110 Å². The second-order valence-electron chi connectivity index (χ2n) is 28.3. The van der Waals surface area contributed by atoms with E-state index in [0.29, 0.717) is 89.9 Å². The molecule has 92 heavy (non-hydrogen) atoms. The number of likely N-dealkylation sites (tertiary alicyclic amines) is 2. The quantitative estimate of drug-likeness (QED) is 0.0717. The minimum absolute atomic E-state index is 0.00163. The number of nitrogens with one attached hydrogen (secondary N) is 2. The first-order valence-electron chi connectivity index (χ1n) is 33.4. The molecule has 0 bridgehead atoms. The van der Waals surface area contributed by atoms with E-state index in [4.69, 9.17) is 15.6 Å². The Bertz CT molecular complexity index is 3320. The molecule has 6 atom stereocenters. The number of aliphatic carboxylic acids is 1. The number of carbonyl (C=O) groups is 4. The molecule has 498 valence electrons. The first-order valence-corrected chi connectivity index (χ1v) is 33.4. The number of nitrogens with two attached hydrogens (primary N) is 1. The maximum Gasteiger partial charge on any atom is 0.408 e. The molecule has 0 saturated carbocycles. The van der Waals surface area contributed by atoms with Crippen molar-refractivity contribution < 1.29 is 42.2 Å². The maximum atomic E-state index is 15.5. The summed E-state index contributed by atoms with van der Waals surface area (Å²) in [7, 11) is 0. The van der Waals surface area contributed by atoms with E-state index in [9.17, 15) is 23.6 Å². The van der Waals surface area contributed by atoms with Gasteiger partial charge in [0.05, 0.1) is 78.8 Å². The first kappa shape index (κ1) is 69.0. The molecule has 3 amide bonds. The van der Waals surface area contributed by atoms with Crippen molar-refractivity contribution in [2.24, 2.45) is 29.4 Å². The molecule has 3 aromatic heterocycles. The summed E-state index contributed by atoms with van der Waals surface area (Å²) in [4.78, 5) is 63.5. The zero-order valence-electron chi connectivity index (χ0n) is 55.6. The van der Waals surface area contributed by atoms with Crippen LogP contribution in [0.2, 0.25) is 0 Å². The van der Waals surface area contributed by atoms with Gasteiger partial charge in [-0.15, -0.1) is 0 Å². The number of fused-ring (bicyclic) bond motifs is 9. The number of imidazole rings is 3. The fourth-order valence-electron chi connectivity index (χ4n) is 13.8. The highest BCUT2D eigenvalue weighted by molar-refractivity contribution is 5.82. The monoisotopic (exact) mass is 1270 g/mol. The zero-order chi connectivity index (χ0) is 66.3. The van der Waals surface area contributed by atoms with Gasteiger partial charge in [0.15, 0.2) is 0 Å². The highest BCUT2D eigenvalue weighted by atomic mass is 19.2. The molecule has 3 fully saturated rings. The van der Waals surface area contributed by atoms with Crippen LogP contribution < -0.4 is 16.4 Å². The summed E-state index contributed by atoms with van der Waals surface area (Å²) in [6.07, 6.45) is 17.5. The van der Waals surface area contributed by atoms with Gasteiger partial charge in [-0.1, -0.05) is 121 Å². The number of carboxylic acids is 1. The third kappa shape index (κ3) is 16.2. The molecule has 17 nitrogen and oxygen atoms in total. The van der Waals surface area contributed by atoms with Crippen LogP contribution in [0, 0.1) is 23.7 Å². The van der Waals surface area contributed by atoms with Crippen LogP contribution in [-0.4, -0.2) is 141 Å². The van der Waals surface area contributed by atoms with Gasteiger partial charge >= 0.3 is 12.1 Å². The van der Waals surface area contributed by atoms with Crippen LogP contribution in [0.1, 0.15) is 181 Å². The van der Waals surface area contributed by atoms with Crippen LogP contribution >= 0.6 is 0 Å². The number of amides is 3. The Balaban J connectivity index is 0.000000149. The Morgan fingerprint density at radius 3 is 1.27 bits per heavy atom. The topological polar surface area (TPSA) is 208 Å². The fraction of sp³-hybridized carbons (Fsp3) is 0.569. The van der Waals surface area contributed by atoms with Gasteiger partial charge < -0.3 is 49.7 Å². The SMILES string of the molecule is CC(C)[C@H](C)C(=O)N1CCC(F)(CCC2c3ccccc3-c3cncn32)CC1.CC(C)[C@H](N)C(=O)N1CCC(F)(CCC2c3ccccc3-c3cncn32)CC1.CC(C)[C@H](NC(=O)OC(C)(C)C)C(=O)O.FC1(CCC2c3ccccc3-c3cncn32)CCNCC1. The molecule has 6 aliphatic rings. The fourth-order valence-corrected chi connectivity index (χ4v) is 13.8. The van der Waals surface area contributed by atoms with E-state index in [-0.39, 0.29) is 47.7 Å². The van der Waals surface area contributed by atoms with E-state index in [0.717, 1.165) is 49.4 Å². The van der Waals surface area contributed by atoms with Crippen molar-refractivity contribution >= 4 is 23.9 Å². The smallest absolute Gasteiger partial charge is 0.408 e. The molecule has 9 heterocycles. The number of nitrogens with zero attached hydrogens (tertiary/aromatic N) is 8. The van der Waals surface area contributed by atoms with Crippen LogP contribution in [0.4, 0.5) is 18.0 Å². The lowest BCUT2D eigenvalue weighted by atomic mass is 9.85. The van der Waals surface area contributed by atoms with Crippen LogP contribution in [0.3, 0.4) is 0 Å². The number of halogens is 3. The molecule has 3 aromatic carbocycles. The van der Waals surface area contributed by atoms with Gasteiger partial charge in [0, 0.05) is 48.8 Å². The number of carboxylic acid groups (broad SMARTS) is 1. The Kier molecular flexibility index (Phi) is 22.0. The molecule has 6 aliphatic heterocycles. The second kappa shape index (κ2) is 29.3. The molecule has 12 rings (SSSR count). The van der Waals surface area contributed by atoms with Crippen molar-refractivity contribution in [1.82, 2.24) is 49.1 Å². The van der Waals surface area contributed by atoms with Gasteiger partial charge in [0.2, 0.25) is 11.8 Å². The second-order valence-corrected chi connectivity index (χ2v) is 28.3. The summed E-state index contributed by atoms with van der Waals surface area (Å²) in [5, 5.41) is 14.4. The number of hydrogen-bond donors (Lipinski definition) is 4. The summed E-state index contributed by atoms with van der Waals surface area (Å²) in [5.74, 6) is -0.713. The Morgan fingerprint density at radius 2 is 0.935 bits per heavy atom. The van der Waals surface area contributed by atoms with Gasteiger partial charge in [-0.05, 0) is 145 Å². The molecule has 5 N–H and O–H groups in total. The van der Waals surface area contributed by atoms with E-state index in [1.165, 1.54) is 33.4 Å². The third-order valence-electron chi connectivity index (χ3n) is 19.8. The molecule has 3 saturated heterocycles. The predicted molar refractivity (Wildman–Crippen MR) is 353 cm³/mol. The molecule has 6 aromatic rings. The molecule has 0 aliphatic carbocycles. The van der Waals surface area contributed by atoms with E-state index < -0.39 is 46.8 Å². The van der Waals surface area contributed by atoms with Gasteiger partial charge in [-0.3, -0.25) is 9.59 Å². The van der Waals surface area contributed by atoms with Crippen molar-refractivity contribution in [2.75, 3.05) is 39.3 Å². The highest BCUT2D eigenvalue weighted by Gasteiger charge is 2.42. The van der Waals surface area contributed by atoms with Gasteiger partial charge in [0.25, 0.3) is 0 Å². The zero-order valence-corrected chi connectivity index (χ0v) is 55.6. The molecule has 3 unspecified atom stereocenters. The van der Waals surface area contributed by atoms with Crippen molar-refractivity contribution in [3.8, 4) is 33.8 Å². The third-order valence-corrected chi connectivity index (χ3v) is 19.8. The number of alkyl carbamates (subject to hydrolysis) is 1. The average molecular weight is 1270 g/mol. The van der Waals surface area contributed by atoms with E-state index in [2.05, 4.69) is 108 Å². The first-order chi connectivity index (χ1) is 43.7. The van der Waals surface area contributed by atoms with Crippen LogP contribution in [0.25, 0.3) is 33.8 Å². The van der Waals surface area contributed by atoms with E-state index >= 15 is 8.78 Å². The van der Waals surface area contributed by atoms with Crippen molar-refractivity contribution in [1.29, 1.82) is 0 Å². The number of rotatable bonds is 16. The van der Waals surface area contributed by atoms with Gasteiger partial charge in [-0.25, -0.2) is 37.7 Å². The van der Waals surface area contributed by atoms with Crippen molar-refractivity contribution in [3.63, 3.8) is 0 Å².